The molecule has 4 amide bonds. The standard InChI is InChI=1S/C33H40N6O5Si/c1-33(2,3)45(4,5)44-29(38-20-26(30(34)41)35-21-38)11-8-16-37-17-14-22-12-13-23(19-27(22)37)36-28(40)15-18-39-31(42)24-9-6-7-10-25(24)32(39)43/h6-7,9-10,12-14,17,19-21,29H,8,11,15-16,18H2,1-5H3,(H2,34,41)(H,36,40)/t29-/m1/s1. The molecule has 0 saturated carbocycles. The molecule has 0 saturated heterocycles. The number of fused-ring (bicyclic) bond motifs is 2. The molecule has 1 aliphatic rings. The Balaban J connectivity index is 1.22. The maximum Gasteiger partial charge on any atom is 0.268 e. The first-order chi connectivity index (χ1) is 21.2. The minimum absolute atomic E-state index is 0.000342. The second-order valence-corrected chi connectivity index (χ2v) is 17.7. The highest BCUT2D eigenvalue weighted by Crippen LogP contribution is 2.39. The average molecular weight is 629 g/mol. The number of aryl methyl sites for hydroxylation is 1. The Morgan fingerprint density at radius 1 is 1.02 bits per heavy atom. The monoisotopic (exact) mass is 628 g/mol. The van der Waals surface area contributed by atoms with E-state index in [4.69, 9.17) is 10.2 Å². The van der Waals surface area contributed by atoms with E-state index in [9.17, 15) is 19.2 Å². The number of rotatable bonds is 12. The van der Waals surface area contributed by atoms with E-state index in [1.807, 2.05) is 35.0 Å². The number of benzene rings is 2. The van der Waals surface area contributed by atoms with Crippen molar-refractivity contribution in [3.8, 4) is 0 Å². The van der Waals surface area contributed by atoms with Crippen molar-refractivity contribution in [3.63, 3.8) is 0 Å². The van der Waals surface area contributed by atoms with Gasteiger partial charge in [-0.1, -0.05) is 39.0 Å². The molecule has 236 valence electrons. The first kappa shape index (κ1) is 31.9. The van der Waals surface area contributed by atoms with Crippen molar-refractivity contribution in [2.24, 2.45) is 5.73 Å². The van der Waals surface area contributed by atoms with Crippen molar-refractivity contribution in [3.05, 3.63) is 84.1 Å². The highest BCUT2D eigenvalue weighted by molar-refractivity contribution is 6.74. The van der Waals surface area contributed by atoms with Gasteiger partial charge in [0.15, 0.2) is 8.32 Å². The number of nitrogens with zero attached hydrogens (tertiary/aromatic N) is 4. The predicted molar refractivity (Wildman–Crippen MR) is 174 cm³/mol. The van der Waals surface area contributed by atoms with Gasteiger partial charge in [-0.2, -0.15) is 0 Å². The number of imidazole rings is 1. The number of nitrogens with two attached hydrogens (primary N) is 1. The summed E-state index contributed by atoms with van der Waals surface area (Å²) in [5.41, 5.74) is 7.99. The van der Waals surface area contributed by atoms with E-state index < -0.39 is 14.2 Å². The third kappa shape index (κ3) is 6.76. The zero-order valence-electron chi connectivity index (χ0n) is 26.4. The Labute approximate surface area is 263 Å². The van der Waals surface area contributed by atoms with Crippen LogP contribution in [0.1, 0.15) is 77.5 Å². The highest BCUT2D eigenvalue weighted by Gasteiger charge is 2.39. The maximum absolute atomic E-state index is 12.8. The van der Waals surface area contributed by atoms with Crippen LogP contribution in [0, 0.1) is 0 Å². The quantitative estimate of drug-likeness (QED) is 0.155. The zero-order valence-corrected chi connectivity index (χ0v) is 27.4. The molecular weight excluding hydrogens is 588 g/mol. The van der Waals surface area contributed by atoms with Crippen molar-refractivity contribution >= 4 is 48.5 Å². The van der Waals surface area contributed by atoms with Crippen LogP contribution in [0.5, 0.6) is 0 Å². The largest absolute Gasteiger partial charge is 0.397 e. The lowest BCUT2D eigenvalue weighted by Crippen LogP contribution is -2.42. The molecule has 0 aliphatic carbocycles. The second-order valence-electron chi connectivity index (χ2n) is 12.9. The summed E-state index contributed by atoms with van der Waals surface area (Å²) in [6, 6.07) is 14.4. The second kappa shape index (κ2) is 12.4. The van der Waals surface area contributed by atoms with E-state index in [0.717, 1.165) is 22.2 Å². The van der Waals surface area contributed by atoms with Crippen molar-refractivity contribution in [2.75, 3.05) is 11.9 Å². The summed E-state index contributed by atoms with van der Waals surface area (Å²) < 4.78 is 10.7. The zero-order chi connectivity index (χ0) is 32.5. The first-order valence-electron chi connectivity index (χ1n) is 15.1. The Hall–Kier alpha value is -4.55. The van der Waals surface area contributed by atoms with Gasteiger partial charge in [-0.15, -0.1) is 0 Å². The topological polar surface area (TPSA) is 142 Å². The van der Waals surface area contributed by atoms with Gasteiger partial charge in [0.25, 0.3) is 17.7 Å². The van der Waals surface area contributed by atoms with Gasteiger partial charge < -0.3 is 24.6 Å². The van der Waals surface area contributed by atoms with E-state index in [-0.39, 0.29) is 47.6 Å². The number of carbonyl (C=O) groups is 4. The van der Waals surface area contributed by atoms with Crippen molar-refractivity contribution in [2.45, 2.75) is 70.9 Å². The molecule has 1 aliphatic heterocycles. The molecule has 3 N–H and O–H groups in total. The van der Waals surface area contributed by atoms with Gasteiger partial charge in [0.1, 0.15) is 11.9 Å². The fraction of sp³-hybridized carbons (Fsp3) is 0.364. The number of amides is 4. The summed E-state index contributed by atoms with van der Waals surface area (Å²) in [5.74, 6) is -1.61. The fourth-order valence-corrected chi connectivity index (χ4v) is 6.45. The molecule has 45 heavy (non-hydrogen) atoms. The summed E-state index contributed by atoms with van der Waals surface area (Å²) in [4.78, 5) is 55.0. The summed E-state index contributed by atoms with van der Waals surface area (Å²) in [6.45, 7) is 11.7. The van der Waals surface area contributed by atoms with Gasteiger partial charge in [0.05, 0.1) is 23.0 Å². The van der Waals surface area contributed by atoms with Crippen molar-refractivity contribution in [1.29, 1.82) is 0 Å². The fourth-order valence-electron chi connectivity index (χ4n) is 5.18. The SMILES string of the molecule is CC(C)(C)[Si](C)(C)O[C@H](CCCn1ccc2ccc(NC(=O)CCN3C(=O)c4ccccc4C3=O)cc21)n1cnc(C(N)=O)c1. The van der Waals surface area contributed by atoms with Crippen LogP contribution in [0.2, 0.25) is 18.1 Å². The van der Waals surface area contributed by atoms with E-state index in [1.165, 1.54) is 0 Å². The summed E-state index contributed by atoms with van der Waals surface area (Å²) >= 11 is 0. The predicted octanol–water partition coefficient (Wildman–Crippen LogP) is 5.56. The molecule has 0 bridgehead atoms. The number of carbonyl (C=O) groups excluding carboxylic acids is 4. The molecule has 12 heteroatoms. The Morgan fingerprint density at radius 3 is 2.33 bits per heavy atom. The lowest BCUT2D eigenvalue weighted by Gasteiger charge is -2.39. The first-order valence-corrected chi connectivity index (χ1v) is 18.0. The van der Waals surface area contributed by atoms with Crippen LogP contribution < -0.4 is 11.1 Å². The minimum atomic E-state index is -2.14. The molecule has 0 fully saturated rings. The summed E-state index contributed by atoms with van der Waals surface area (Å²) in [7, 11) is -2.14. The molecule has 0 radical (unpaired) electrons. The smallest absolute Gasteiger partial charge is 0.268 e. The van der Waals surface area contributed by atoms with Gasteiger partial charge in [0, 0.05) is 37.6 Å². The third-order valence-corrected chi connectivity index (χ3v) is 13.2. The van der Waals surface area contributed by atoms with E-state index in [0.29, 0.717) is 29.8 Å². The molecule has 3 heterocycles. The number of anilines is 1. The van der Waals surface area contributed by atoms with Crippen molar-refractivity contribution in [1.82, 2.24) is 19.0 Å². The Bertz CT molecular complexity index is 1730. The Morgan fingerprint density at radius 2 is 1.71 bits per heavy atom. The normalized spacial score (nSPS) is 14.2. The van der Waals surface area contributed by atoms with E-state index in [1.54, 1.807) is 36.8 Å². The molecule has 0 unspecified atom stereocenters. The maximum atomic E-state index is 12.8. The number of hydrogen-bond donors (Lipinski definition) is 2. The van der Waals surface area contributed by atoms with Gasteiger partial charge in [-0.25, -0.2) is 4.98 Å². The van der Waals surface area contributed by atoms with Gasteiger partial charge >= 0.3 is 0 Å². The molecule has 2 aromatic carbocycles. The van der Waals surface area contributed by atoms with Crippen LogP contribution in [-0.4, -0.2) is 57.5 Å². The van der Waals surface area contributed by atoms with Crippen LogP contribution in [0.4, 0.5) is 5.69 Å². The highest BCUT2D eigenvalue weighted by atomic mass is 28.4. The molecule has 2 aromatic heterocycles. The van der Waals surface area contributed by atoms with Crippen LogP contribution in [0.25, 0.3) is 10.9 Å². The number of aromatic nitrogens is 3. The van der Waals surface area contributed by atoms with Gasteiger partial charge in [-0.3, -0.25) is 24.1 Å². The third-order valence-electron chi connectivity index (χ3n) is 8.77. The van der Waals surface area contributed by atoms with Crippen molar-refractivity contribution < 1.29 is 23.6 Å². The molecule has 1 atom stereocenters. The molecule has 11 nitrogen and oxygen atoms in total. The lowest BCUT2D eigenvalue weighted by atomic mass is 10.1. The van der Waals surface area contributed by atoms with E-state index >= 15 is 0 Å². The summed E-state index contributed by atoms with van der Waals surface area (Å²) in [5, 5.41) is 3.94. The van der Waals surface area contributed by atoms with Crippen LogP contribution in [0.15, 0.2) is 67.3 Å². The molecule has 4 aromatic rings. The van der Waals surface area contributed by atoms with E-state index in [2.05, 4.69) is 48.7 Å². The van der Waals surface area contributed by atoms with Gasteiger partial charge in [0.2, 0.25) is 5.91 Å². The summed E-state index contributed by atoms with van der Waals surface area (Å²) in [6.07, 6.45) is 6.43. The minimum Gasteiger partial charge on any atom is -0.397 e. The van der Waals surface area contributed by atoms with Crippen LogP contribution >= 0.6 is 0 Å². The number of nitrogens with one attached hydrogen (secondary N) is 1. The number of hydrogen-bond acceptors (Lipinski definition) is 6. The Kier molecular flexibility index (Phi) is 8.81. The number of imide groups is 1. The lowest BCUT2D eigenvalue weighted by molar-refractivity contribution is -0.116. The van der Waals surface area contributed by atoms with Crippen LogP contribution in [-0.2, 0) is 15.8 Å². The number of primary amides is 1. The molecular formula is C33H40N6O5Si. The van der Waals surface area contributed by atoms with Gasteiger partial charge in [-0.05, 0) is 66.7 Å². The molecule has 0 spiro atoms. The molecule has 5 rings (SSSR count). The average Bonchev–Trinajstić information content (AvgIpc) is 3.69. The van der Waals surface area contributed by atoms with Crippen LogP contribution in [0.3, 0.4) is 0 Å².